The Morgan fingerprint density at radius 1 is 1.09 bits per heavy atom. The molecule has 2 aliphatic rings. The molecule has 0 saturated carbocycles. The maximum absolute atomic E-state index is 15.2. The number of morpholine rings is 1. The number of benzene rings is 2. The molecule has 1 N–H and O–H groups in total. The Morgan fingerprint density at radius 3 is 2.39 bits per heavy atom. The van der Waals surface area contributed by atoms with Gasteiger partial charge in [0, 0.05) is 37.4 Å². The summed E-state index contributed by atoms with van der Waals surface area (Å²) in [5, 5.41) is 2.34. The van der Waals surface area contributed by atoms with Crippen molar-refractivity contribution in [2.75, 3.05) is 31.8 Å². The molecule has 1 saturated heterocycles. The minimum Gasteiger partial charge on any atom is -0.467 e. The normalized spacial score (nSPS) is 17.1. The third-order valence-corrected chi connectivity index (χ3v) is 8.43. The molecule has 1 fully saturated rings. The molecule has 14 heteroatoms. The number of anilines is 1. The summed E-state index contributed by atoms with van der Waals surface area (Å²) in [7, 11) is 2.45. The predicted molar refractivity (Wildman–Crippen MR) is 156 cm³/mol. The number of ether oxygens (including phenoxy) is 3. The zero-order valence-corrected chi connectivity index (χ0v) is 25.5. The molecule has 0 unspecified atom stereocenters. The molecule has 1 amide bonds. The van der Waals surface area contributed by atoms with Gasteiger partial charge in [-0.3, -0.25) is 9.59 Å². The van der Waals surface area contributed by atoms with Gasteiger partial charge in [0.25, 0.3) is 11.5 Å². The van der Waals surface area contributed by atoms with E-state index in [1.165, 1.54) is 26.1 Å². The minimum atomic E-state index is -4.82. The van der Waals surface area contributed by atoms with Gasteiger partial charge in [-0.05, 0) is 54.3 Å². The molecule has 3 heterocycles. The number of hydrogen-bond acceptors (Lipinski definition) is 7. The molecule has 3 aromatic rings. The van der Waals surface area contributed by atoms with Crippen LogP contribution >= 0.6 is 0 Å². The van der Waals surface area contributed by atoms with Crippen LogP contribution < -0.4 is 15.8 Å². The number of carbonyl (C=O) groups excluding carboxylic acids is 2. The lowest BCUT2D eigenvalue weighted by Gasteiger charge is -2.35. The molecule has 2 aromatic carbocycles. The van der Waals surface area contributed by atoms with Crippen LogP contribution in [-0.2, 0) is 51.9 Å². The number of rotatable bonds is 7. The summed E-state index contributed by atoms with van der Waals surface area (Å²) in [6, 6.07) is 4.18. The summed E-state index contributed by atoms with van der Waals surface area (Å²) in [5.41, 5.74) is -1.81. The number of pyridine rings is 1. The quantitative estimate of drug-likeness (QED) is 0.299. The second kappa shape index (κ2) is 12.8. The van der Waals surface area contributed by atoms with Gasteiger partial charge in [0.05, 0.1) is 44.7 Å². The number of amides is 1. The lowest BCUT2D eigenvalue weighted by Crippen LogP contribution is -2.44. The second-order valence-electron chi connectivity index (χ2n) is 11.3. The molecule has 5 rings (SSSR count). The maximum Gasteiger partial charge on any atom is 0.417 e. The minimum absolute atomic E-state index is 0.0293. The van der Waals surface area contributed by atoms with E-state index < -0.39 is 58.0 Å². The average molecular weight is 650 g/mol. The van der Waals surface area contributed by atoms with Crippen LogP contribution in [0.5, 0.6) is 0 Å². The monoisotopic (exact) mass is 649 g/mol. The van der Waals surface area contributed by atoms with Gasteiger partial charge in [-0.2, -0.15) is 13.2 Å². The van der Waals surface area contributed by atoms with Gasteiger partial charge >= 0.3 is 12.1 Å². The Hall–Kier alpha value is -4.30. The van der Waals surface area contributed by atoms with E-state index in [0.29, 0.717) is 36.4 Å². The van der Waals surface area contributed by atoms with Crippen molar-refractivity contribution >= 4 is 17.6 Å². The largest absolute Gasteiger partial charge is 0.467 e. The molecule has 9 nitrogen and oxygen atoms in total. The highest BCUT2D eigenvalue weighted by molar-refractivity contribution is 5.97. The molecule has 0 radical (unpaired) electrons. The molecule has 2 atom stereocenters. The summed E-state index contributed by atoms with van der Waals surface area (Å²) in [5.74, 6) is -4.38. The molecule has 0 spiro atoms. The second-order valence-corrected chi connectivity index (χ2v) is 11.3. The van der Waals surface area contributed by atoms with Gasteiger partial charge in [0.2, 0.25) is 0 Å². The molecule has 1 aromatic heterocycles. The number of alkyl halides is 3. The lowest BCUT2D eigenvalue weighted by molar-refractivity contribution is -0.143. The number of aryl methyl sites for hydroxylation is 1. The van der Waals surface area contributed by atoms with Gasteiger partial charge in [-0.1, -0.05) is 12.1 Å². The number of nitrogens with one attached hydrogen (secondary N) is 1. The Labute approximate surface area is 260 Å². The summed E-state index contributed by atoms with van der Waals surface area (Å²) in [4.78, 5) is 40.8. The molecule has 46 heavy (non-hydrogen) atoms. The zero-order chi connectivity index (χ0) is 33.5. The Balaban J connectivity index is 1.47. The van der Waals surface area contributed by atoms with Crippen LogP contribution in [0.15, 0.2) is 35.1 Å². The van der Waals surface area contributed by atoms with Crippen LogP contribution in [0.4, 0.5) is 27.6 Å². The lowest BCUT2D eigenvalue weighted by atomic mass is 9.89. The fourth-order valence-corrected chi connectivity index (χ4v) is 5.91. The SMILES string of the molecule is COC(=O)[C@H](Cc1ccc(-c2c(C(F)(F)F)cc(C)n(C)c2=O)c2c1COC2)NC(=O)c1c(F)cc(N2CCOC[C@@H]2C)cc1F. The predicted octanol–water partition coefficient (Wildman–Crippen LogP) is 4.43. The Kier molecular flexibility index (Phi) is 9.23. The van der Waals surface area contributed by atoms with Crippen molar-refractivity contribution in [2.24, 2.45) is 7.05 Å². The fourth-order valence-electron chi connectivity index (χ4n) is 5.91. The van der Waals surface area contributed by atoms with E-state index in [2.05, 4.69) is 5.32 Å². The maximum atomic E-state index is 15.2. The van der Waals surface area contributed by atoms with Crippen LogP contribution in [0.25, 0.3) is 11.1 Å². The summed E-state index contributed by atoms with van der Waals surface area (Å²) < 4.78 is 89.5. The smallest absolute Gasteiger partial charge is 0.417 e. The van der Waals surface area contributed by atoms with Gasteiger partial charge in [0.15, 0.2) is 0 Å². The molecular formula is C32H32F5N3O6. The molecule has 0 bridgehead atoms. The van der Waals surface area contributed by atoms with E-state index in [0.717, 1.165) is 29.9 Å². The molecular weight excluding hydrogens is 617 g/mol. The van der Waals surface area contributed by atoms with Gasteiger partial charge in [-0.25, -0.2) is 13.6 Å². The number of hydrogen-bond donors (Lipinski definition) is 1. The third kappa shape index (κ3) is 6.23. The van der Waals surface area contributed by atoms with E-state index in [-0.39, 0.29) is 42.6 Å². The molecule has 2 aliphatic heterocycles. The first-order valence-corrected chi connectivity index (χ1v) is 14.4. The summed E-state index contributed by atoms with van der Waals surface area (Å²) in [6.45, 7) is 4.23. The Morgan fingerprint density at radius 2 is 1.76 bits per heavy atom. The number of nitrogens with zero attached hydrogens (tertiary/aromatic N) is 2. The molecule has 0 aliphatic carbocycles. The Bertz CT molecular complexity index is 1730. The molecule has 246 valence electrons. The number of esters is 1. The van der Waals surface area contributed by atoms with E-state index in [4.69, 9.17) is 14.2 Å². The number of halogens is 5. The number of aromatic nitrogens is 1. The number of carbonyl (C=O) groups is 2. The van der Waals surface area contributed by atoms with E-state index >= 15 is 8.78 Å². The van der Waals surface area contributed by atoms with Crippen molar-refractivity contribution in [3.8, 4) is 11.1 Å². The van der Waals surface area contributed by atoms with Crippen molar-refractivity contribution in [3.05, 3.63) is 85.8 Å². The first kappa shape index (κ1) is 33.1. The van der Waals surface area contributed by atoms with Crippen molar-refractivity contribution in [2.45, 2.75) is 51.7 Å². The van der Waals surface area contributed by atoms with Gasteiger partial charge in [0.1, 0.15) is 23.2 Å². The number of methoxy groups -OCH3 is 1. The van der Waals surface area contributed by atoms with Gasteiger partial charge < -0.3 is 29.0 Å². The van der Waals surface area contributed by atoms with Crippen molar-refractivity contribution in [3.63, 3.8) is 0 Å². The highest BCUT2D eigenvalue weighted by Crippen LogP contribution is 2.40. The standard InChI is InChI=1S/C32H32F5N3O6/c1-16-9-23(32(35,36)37)27(30(42)39(16)3)20-6-5-18(21-14-46-15-22(20)21)10-26(31(43)44-4)38-29(41)28-24(33)11-19(12-25(28)34)40-7-8-45-13-17(40)2/h5-6,9,11-12,17,26H,7-8,10,13-15H2,1-4H3,(H,38,41)/t17-,26-/m0/s1. The topological polar surface area (TPSA) is 99.1 Å². The van der Waals surface area contributed by atoms with Crippen LogP contribution in [0.2, 0.25) is 0 Å². The van der Waals surface area contributed by atoms with E-state index in [1.54, 1.807) is 4.90 Å². The van der Waals surface area contributed by atoms with Crippen LogP contribution in [0.3, 0.4) is 0 Å². The number of fused-ring (bicyclic) bond motifs is 1. The summed E-state index contributed by atoms with van der Waals surface area (Å²) >= 11 is 0. The van der Waals surface area contributed by atoms with Crippen molar-refractivity contribution in [1.29, 1.82) is 0 Å². The van der Waals surface area contributed by atoms with Crippen LogP contribution in [0.1, 0.15) is 45.2 Å². The highest BCUT2D eigenvalue weighted by Gasteiger charge is 2.38. The van der Waals surface area contributed by atoms with E-state index in [9.17, 15) is 27.6 Å². The van der Waals surface area contributed by atoms with E-state index in [1.807, 2.05) is 6.92 Å². The van der Waals surface area contributed by atoms with Crippen LogP contribution in [0, 0.1) is 18.6 Å². The van der Waals surface area contributed by atoms with Crippen LogP contribution in [-0.4, -0.2) is 55.4 Å². The van der Waals surface area contributed by atoms with Gasteiger partial charge in [-0.15, -0.1) is 0 Å². The zero-order valence-electron chi connectivity index (χ0n) is 25.5. The first-order valence-electron chi connectivity index (χ1n) is 14.4. The third-order valence-electron chi connectivity index (χ3n) is 8.43. The summed E-state index contributed by atoms with van der Waals surface area (Å²) in [6.07, 6.45) is -5.06. The first-order chi connectivity index (χ1) is 21.7. The fraction of sp³-hybridized carbons (Fsp3) is 0.406. The highest BCUT2D eigenvalue weighted by atomic mass is 19.4. The van der Waals surface area contributed by atoms with Crippen molar-refractivity contribution < 1.29 is 45.8 Å². The average Bonchev–Trinajstić information content (AvgIpc) is 3.49. The van der Waals surface area contributed by atoms with Crippen molar-refractivity contribution in [1.82, 2.24) is 9.88 Å².